The molecule has 2 rings (SSSR count). The lowest BCUT2D eigenvalue weighted by Gasteiger charge is -2.43. The first kappa shape index (κ1) is 21.6. The largest absolute Gasteiger partial charge is 0.407 e. The molecular formula is C24H34O2Si. The van der Waals surface area contributed by atoms with E-state index in [0.717, 1.165) is 6.42 Å². The summed E-state index contributed by atoms with van der Waals surface area (Å²) in [5.41, 5.74) is 1.23. The molecule has 2 aromatic rings. The monoisotopic (exact) mass is 382 g/mol. The minimum absolute atomic E-state index is 0.00886. The molecule has 0 radical (unpaired) electrons. The fraction of sp³-hybridized carbons (Fsp3) is 0.417. The molecule has 2 nitrogen and oxygen atoms in total. The predicted octanol–water partition coefficient (Wildman–Crippen LogP) is 4.53. The van der Waals surface area contributed by atoms with Crippen molar-refractivity contribution < 1.29 is 9.53 Å². The summed E-state index contributed by atoms with van der Waals surface area (Å²) in [6, 6.07) is 21.5. The van der Waals surface area contributed by atoms with Crippen LogP contribution in [-0.2, 0) is 4.43 Å². The fourth-order valence-electron chi connectivity index (χ4n) is 3.72. The number of rotatable bonds is 8. The van der Waals surface area contributed by atoms with Gasteiger partial charge in [-0.1, -0.05) is 100 Å². The van der Waals surface area contributed by atoms with Crippen LogP contribution in [-0.4, -0.2) is 26.6 Å². The van der Waals surface area contributed by atoms with Crippen molar-refractivity contribution in [3.05, 3.63) is 72.3 Å². The summed E-state index contributed by atoms with van der Waals surface area (Å²) in [5.74, 6) is 0.398. The van der Waals surface area contributed by atoms with Crippen molar-refractivity contribution in [1.82, 2.24) is 0 Å². The van der Waals surface area contributed by atoms with Crippen molar-refractivity contribution in [3.63, 3.8) is 0 Å². The Morgan fingerprint density at radius 2 is 1.48 bits per heavy atom. The van der Waals surface area contributed by atoms with Crippen LogP contribution in [0.5, 0.6) is 0 Å². The van der Waals surface area contributed by atoms with E-state index in [1.54, 1.807) is 0 Å². The first-order valence-electron chi connectivity index (χ1n) is 9.85. The number of aliphatic hydroxyl groups excluding tert-OH is 1. The standard InChI is InChI=1S/C24H34O2Si/c1-20(16-18-25)21(2)17-19-26-27(24(3,4)5,22-12-8-6-9-13-22)23-14-10-7-11-15-23/h6-16,21,25H,17-19H2,1-5H3/b20-16+/t21-/m1/s1. The van der Waals surface area contributed by atoms with Crippen LogP contribution >= 0.6 is 0 Å². The van der Waals surface area contributed by atoms with Crippen molar-refractivity contribution >= 4 is 18.7 Å². The highest BCUT2D eigenvalue weighted by Gasteiger charge is 2.49. The first-order valence-corrected chi connectivity index (χ1v) is 11.8. The molecule has 3 heteroatoms. The molecule has 0 spiro atoms. The van der Waals surface area contributed by atoms with Gasteiger partial charge in [-0.25, -0.2) is 0 Å². The summed E-state index contributed by atoms with van der Waals surface area (Å²) < 4.78 is 6.91. The first-order chi connectivity index (χ1) is 12.8. The van der Waals surface area contributed by atoms with Crippen LogP contribution in [0.4, 0.5) is 0 Å². The Morgan fingerprint density at radius 3 is 1.89 bits per heavy atom. The van der Waals surface area contributed by atoms with Crippen molar-refractivity contribution in [2.24, 2.45) is 5.92 Å². The van der Waals surface area contributed by atoms with E-state index in [-0.39, 0.29) is 11.6 Å². The molecule has 0 aliphatic carbocycles. The van der Waals surface area contributed by atoms with E-state index in [9.17, 15) is 0 Å². The average Bonchev–Trinajstić information content (AvgIpc) is 2.65. The molecule has 27 heavy (non-hydrogen) atoms. The van der Waals surface area contributed by atoms with Crippen LogP contribution < -0.4 is 10.4 Å². The molecule has 2 aromatic carbocycles. The number of benzene rings is 2. The fourth-order valence-corrected chi connectivity index (χ4v) is 8.30. The minimum Gasteiger partial charge on any atom is -0.407 e. The highest BCUT2D eigenvalue weighted by Crippen LogP contribution is 2.37. The summed E-state index contributed by atoms with van der Waals surface area (Å²) in [6.45, 7) is 12.0. The SMILES string of the molecule is C/C(=C\CO)[C@H](C)CCO[Si](c1ccccc1)(c1ccccc1)C(C)(C)C. The van der Waals surface area contributed by atoms with Gasteiger partial charge in [-0.3, -0.25) is 0 Å². The van der Waals surface area contributed by atoms with Crippen molar-refractivity contribution in [3.8, 4) is 0 Å². The zero-order chi connectivity index (χ0) is 19.9. The van der Waals surface area contributed by atoms with Crippen LogP contribution in [0.3, 0.4) is 0 Å². The number of aliphatic hydroxyl groups is 1. The summed E-state index contributed by atoms with van der Waals surface area (Å²) in [4.78, 5) is 0. The zero-order valence-corrected chi connectivity index (χ0v) is 18.4. The Bertz CT molecular complexity index is 678. The molecule has 0 heterocycles. The molecule has 0 amide bonds. The Balaban J connectivity index is 2.40. The topological polar surface area (TPSA) is 29.5 Å². The third-order valence-electron chi connectivity index (χ3n) is 5.48. The van der Waals surface area contributed by atoms with Gasteiger partial charge < -0.3 is 9.53 Å². The quantitative estimate of drug-likeness (QED) is 0.537. The van der Waals surface area contributed by atoms with E-state index in [0.29, 0.717) is 12.5 Å². The second kappa shape index (κ2) is 9.49. The summed E-state index contributed by atoms with van der Waals surface area (Å²) in [6.07, 6.45) is 2.85. The number of allylic oxidation sites excluding steroid dienone is 1. The van der Waals surface area contributed by atoms with Crippen LogP contribution in [0.1, 0.15) is 41.0 Å². The lowest BCUT2D eigenvalue weighted by Crippen LogP contribution is -2.66. The molecule has 0 fully saturated rings. The number of hydrogen-bond acceptors (Lipinski definition) is 2. The van der Waals surface area contributed by atoms with E-state index in [1.807, 2.05) is 6.08 Å². The minimum atomic E-state index is -2.44. The van der Waals surface area contributed by atoms with Gasteiger partial charge in [-0.2, -0.15) is 0 Å². The van der Waals surface area contributed by atoms with Gasteiger partial charge in [0.05, 0.1) is 6.61 Å². The third kappa shape index (κ3) is 4.98. The Hall–Kier alpha value is -1.68. The van der Waals surface area contributed by atoms with E-state index < -0.39 is 8.32 Å². The zero-order valence-electron chi connectivity index (χ0n) is 17.4. The second-order valence-corrected chi connectivity index (χ2v) is 12.6. The molecule has 0 aliphatic rings. The molecule has 1 N–H and O–H groups in total. The van der Waals surface area contributed by atoms with Gasteiger partial charge in [-0.05, 0) is 34.7 Å². The molecule has 0 aromatic heterocycles. The highest BCUT2D eigenvalue weighted by atomic mass is 28.4. The van der Waals surface area contributed by atoms with Crippen LogP contribution in [0.25, 0.3) is 0 Å². The second-order valence-electron chi connectivity index (χ2n) is 8.33. The lowest BCUT2D eigenvalue weighted by atomic mass is 9.99. The van der Waals surface area contributed by atoms with Gasteiger partial charge in [0.2, 0.25) is 0 Å². The van der Waals surface area contributed by atoms with Gasteiger partial charge >= 0.3 is 0 Å². The van der Waals surface area contributed by atoms with Crippen LogP contribution in [0.15, 0.2) is 72.3 Å². The molecule has 146 valence electrons. The summed E-state index contributed by atoms with van der Waals surface area (Å²) in [5, 5.41) is 11.8. The average molecular weight is 383 g/mol. The maximum absolute atomic E-state index is 9.14. The van der Waals surface area contributed by atoms with E-state index >= 15 is 0 Å². The molecular weight excluding hydrogens is 348 g/mol. The molecule has 0 unspecified atom stereocenters. The summed E-state index contributed by atoms with van der Waals surface area (Å²) in [7, 11) is -2.44. The smallest absolute Gasteiger partial charge is 0.261 e. The lowest BCUT2D eigenvalue weighted by molar-refractivity contribution is 0.275. The molecule has 0 saturated carbocycles. The van der Waals surface area contributed by atoms with Gasteiger partial charge in [0.25, 0.3) is 8.32 Å². The van der Waals surface area contributed by atoms with E-state index in [1.165, 1.54) is 15.9 Å². The Morgan fingerprint density at radius 1 is 1.00 bits per heavy atom. The third-order valence-corrected chi connectivity index (χ3v) is 10.5. The molecule has 0 saturated heterocycles. The predicted molar refractivity (Wildman–Crippen MR) is 118 cm³/mol. The van der Waals surface area contributed by atoms with Crippen molar-refractivity contribution in [2.75, 3.05) is 13.2 Å². The van der Waals surface area contributed by atoms with Gasteiger partial charge in [0.15, 0.2) is 0 Å². The molecule has 1 atom stereocenters. The molecule has 0 bridgehead atoms. The van der Waals surface area contributed by atoms with Crippen LogP contribution in [0.2, 0.25) is 5.04 Å². The van der Waals surface area contributed by atoms with E-state index in [4.69, 9.17) is 9.53 Å². The van der Waals surface area contributed by atoms with Crippen molar-refractivity contribution in [1.29, 1.82) is 0 Å². The Kier molecular flexibility index (Phi) is 7.60. The Labute approximate surface area is 166 Å². The number of hydrogen-bond donors (Lipinski definition) is 1. The maximum Gasteiger partial charge on any atom is 0.261 e. The maximum atomic E-state index is 9.14. The van der Waals surface area contributed by atoms with Crippen LogP contribution in [0, 0.1) is 5.92 Å². The molecule has 0 aliphatic heterocycles. The van der Waals surface area contributed by atoms with Gasteiger partial charge in [0, 0.05) is 6.61 Å². The van der Waals surface area contributed by atoms with Gasteiger partial charge in [0.1, 0.15) is 0 Å². The summed E-state index contributed by atoms with van der Waals surface area (Å²) >= 11 is 0. The normalized spacial score (nSPS) is 14.2. The van der Waals surface area contributed by atoms with Crippen molar-refractivity contribution in [2.45, 2.75) is 46.1 Å². The van der Waals surface area contributed by atoms with E-state index in [2.05, 4.69) is 95.3 Å². The highest BCUT2D eigenvalue weighted by molar-refractivity contribution is 6.99. The van der Waals surface area contributed by atoms with Gasteiger partial charge in [-0.15, -0.1) is 0 Å².